The summed E-state index contributed by atoms with van der Waals surface area (Å²) in [7, 11) is 0. The van der Waals surface area contributed by atoms with Crippen LogP contribution in [0, 0.1) is 6.92 Å². The van der Waals surface area contributed by atoms with Crippen LogP contribution in [-0.4, -0.2) is 34.6 Å². The van der Waals surface area contributed by atoms with Gasteiger partial charge < -0.3 is 10.6 Å². The number of hydrogen-bond donors (Lipinski definition) is 2. The average molecular weight is 340 g/mol. The van der Waals surface area contributed by atoms with Crippen LogP contribution in [0.25, 0.3) is 0 Å². The second-order valence-electron chi connectivity index (χ2n) is 3.91. The van der Waals surface area contributed by atoms with Gasteiger partial charge in [0.2, 0.25) is 5.91 Å². The molecule has 1 fully saturated rings. The number of amides is 1. The van der Waals surface area contributed by atoms with E-state index in [4.69, 9.17) is 0 Å². The van der Waals surface area contributed by atoms with E-state index in [1.165, 1.54) is 6.20 Å². The van der Waals surface area contributed by atoms with E-state index in [2.05, 4.69) is 36.5 Å². The third-order valence-corrected chi connectivity index (χ3v) is 3.29. The number of anilines is 1. The highest BCUT2D eigenvalue weighted by Gasteiger charge is 2.29. The van der Waals surface area contributed by atoms with Gasteiger partial charge in [0.25, 0.3) is 0 Å². The van der Waals surface area contributed by atoms with Gasteiger partial charge in [-0.2, -0.15) is 0 Å². The molecule has 2 heterocycles. The van der Waals surface area contributed by atoms with Crippen molar-refractivity contribution in [1.29, 1.82) is 0 Å². The summed E-state index contributed by atoms with van der Waals surface area (Å²) < 4.78 is 13.5. The van der Waals surface area contributed by atoms with E-state index in [1.54, 1.807) is 6.92 Å². The molecule has 8 heteroatoms. The van der Waals surface area contributed by atoms with Gasteiger partial charge in [0.1, 0.15) is 10.8 Å². The zero-order valence-corrected chi connectivity index (χ0v) is 12.0. The molecule has 1 aliphatic heterocycles. The number of hydrogen-bond acceptors (Lipinski definition) is 4. The van der Waals surface area contributed by atoms with Crippen LogP contribution in [0.4, 0.5) is 10.2 Å². The van der Waals surface area contributed by atoms with E-state index in [9.17, 15) is 9.18 Å². The molecule has 1 saturated heterocycles. The number of aromatic nitrogens is 2. The normalized spacial score (nSPS) is 22.4. The highest BCUT2D eigenvalue weighted by Crippen LogP contribution is 2.15. The van der Waals surface area contributed by atoms with Gasteiger partial charge in [0, 0.05) is 13.0 Å². The molecule has 1 amide bonds. The van der Waals surface area contributed by atoms with Crippen molar-refractivity contribution in [2.75, 3.05) is 11.9 Å². The van der Waals surface area contributed by atoms with E-state index in [0.29, 0.717) is 10.4 Å². The lowest BCUT2D eigenvalue weighted by atomic mass is 10.2. The summed E-state index contributed by atoms with van der Waals surface area (Å²) in [6.45, 7) is 2.02. The Bertz CT molecular complexity index is 448. The molecular formula is C10H13BrClFN4O. The van der Waals surface area contributed by atoms with Crippen LogP contribution >= 0.6 is 28.3 Å². The van der Waals surface area contributed by atoms with E-state index < -0.39 is 12.2 Å². The van der Waals surface area contributed by atoms with Gasteiger partial charge in [-0.25, -0.2) is 9.37 Å². The van der Waals surface area contributed by atoms with Crippen molar-refractivity contribution in [3.8, 4) is 0 Å². The molecule has 18 heavy (non-hydrogen) atoms. The second-order valence-corrected chi connectivity index (χ2v) is 4.67. The fraction of sp³-hybridized carbons (Fsp3) is 0.500. The van der Waals surface area contributed by atoms with Crippen molar-refractivity contribution in [2.24, 2.45) is 0 Å². The molecule has 100 valence electrons. The Hall–Kier alpha value is -0.790. The van der Waals surface area contributed by atoms with Crippen LogP contribution in [0.2, 0.25) is 0 Å². The lowest BCUT2D eigenvalue weighted by Gasteiger charge is -2.10. The molecule has 1 aromatic rings. The number of nitrogens with one attached hydrogen (secondary N) is 2. The van der Waals surface area contributed by atoms with E-state index in [0.717, 1.165) is 5.69 Å². The molecular weight excluding hydrogens is 326 g/mol. The maximum Gasteiger partial charge on any atom is 0.242 e. The number of nitrogens with zero attached hydrogens (tertiary/aromatic N) is 2. The van der Waals surface area contributed by atoms with Crippen molar-refractivity contribution >= 4 is 40.1 Å². The minimum absolute atomic E-state index is 0. The van der Waals surface area contributed by atoms with Gasteiger partial charge in [-0.3, -0.25) is 9.78 Å². The van der Waals surface area contributed by atoms with Crippen molar-refractivity contribution in [3.63, 3.8) is 0 Å². The monoisotopic (exact) mass is 338 g/mol. The van der Waals surface area contributed by atoms with Gasteiger partial charge in [0.15, 0.2) is 5.82 Å². The largest absolute Gasteiger partial charge is 0.308 e. The third kappa shape index (κ3) is 3.60. The maximum atomic E-state index is 12.9. The smallest absolute Gasteiger partial charge is 0.242 e. The number of rotatable bonds is 2. The highest BCUT2D eigenvalue weighted by molar-refractivity contribution is 9.10. The summed E-state index contributed by atoms with van der Waals surface area (Å²) in [6.07, 6.45) is 0.716. The zero-order chi connectivity index (χ0) is 12.4. The molecule has 0 aliphatic carbocycles. The zero-order valence-electron chi connectivity index (χ0n) is 9.61. The fourth-order valence-corrected chi connectivity index (χ4v) is 1.89. The second kappa shape index (κ2) is 6.40. The summed E-state index contributed by atoms with van der Waals surface area (Å²) in [6, 6.07) is -0.494. The number of alkyl halides is 1. The molecule has 2 rings (SSSR count). The van der Waals surface area contributed by atoms with Crippen LogP contribution < -0.4 is 10.6 Å². The minimum Gasteiger partial charge on any atom is -0.308 e. The van der Waals surface area contributed by atoms with Crippen LogP contribution in [0.15, 0.2) is 10.8 Å². The van der Waals surface area contributed by atoms with Crippen molar-refractivity contribution in [2.45, 2.75) is 25.6 Å². The van der Waals surface area contributed by atoms with Crippen molar-refractivity contribution in [3.05, 3.63) is 16.5 Å². The Morgan fingerprint density at radius 1 is 1.67 bits per heavy atom. The number of carbonyl (C=O) groups is 1. The Balaban J connectivity index is 0.00000162. The topological polar surface area (TPSA) is 66.9 Å². The Morgan fingerprint density at radius 3 is 2.94 bits per heavy atom. The quantitative estimate of drug-likeness (QED) is 0.859. The molecule has 0 bridgehead atoms. The van der Waals surface area contributed by atoms with Crippen LogP contribution in [0.5, 0.6) is 0 Å². The highest BCUT2D eigenvalue weighted by atomic mass is 79.9. The summed E-state index contributed by atoms with van der Waals surface area (Å²) in [5.74, 6) is 0.0757. The molecule has 0 unspecified atom stereocenters. The maximum absolute atomic E-state index is 12.9. The van der Waals surface area contributed by atoms with Crippen molar-refractivity contribution in [1.82, 2.24) is 15.3 Å². The van der Waals surface area contributed by atoms with E-state index in [1.807, 2.05) is 0 Å². The lowest BCUT2D eigenvalue weighted by molar-refractivity contribution is -0.117. The molecule has 2 N–H and O–H groups in total. The first-order chi connectivity index (χ1) is 8.06. The number of carbonyl (C=O) groups excluding carboxylic acids is 1. The predicted molar refractivity (Wildman–Crippen MR) is 71.7 cm³/mol. The van der Waals surface area contributed by atoms with Gasteiger partial charge in [0.05, 0.1) is 17.9 Å². The number of aryl methyl sites for hydroxylation is 1. The molecule has 2 atom stereocenters. The first kappa shape index (κ1) is 15.3. The van der Waals surface area contributed by atoms with Gasteiger partial charge in [-0.05, 0) is 22.9 Å². The Kier molecular flexibility index (Phi) is 5.43. The Labute approximate surface area is 119 Å². The molecule has 5 nitrogen and oxygen atoms in total. The first-order valence-corrected chi connectivity index (χ1v) is 6.03. The van der Waals surface area contributed by atoms with Gasteiger partial charge in [-0.15, -0.1) is 12.4 Å². The van der Waals surface area contributed by atoms with E-state index >= 15 is 0 Å². The Morgan fingerprint density at radius 2 is 2.39 bits per heavy atom. The first-order valence-electron chi connectivity index (χ1n) is 5.23. The molecule has 1 aliphatic rings. The van der Waals surface area contributed by atoms with Crippen LogP contribution in [0.1, 0.15) is 12.1 Å². The fourth-order valence-electron chi connectivity index (χ4n) is 1.59. The summed E-state index contributed by atoms with van der Waals surface area (Å²) in [5, 5.41) is 5.41. The molecule has 1 aromatic heterocycles. The third-order valence-electron chi connectivity index (χ3n) is 2.54. The van der Waals surface area contributed by atoms with E-state index in [-0.39, 0.29) is 31.3 Å². The van der Waals surface area contributed by atoms with Gasteiger partial charge >= 0.3 is 0 Å². The molecule has 0 radical (unpaired) electrons. The summed E-state index contributed by atoms with van der Waals surface area (Å²) in [4.78, 5) is 19.9. The molecule has 0 aromatic carbocycles. The standard InChI is InChI=1S/C10H12BrFN4O.ClH/c1-5-9(11)15-8(4-13-5)16-10(17)7-2-6(12)3-14-7;/h4,6-7,14H,2-3H2,1H3,(H,15,16,17);1H/t6-,7+;/m1./s1. The predicted octanol–water partition coefficient (Wildman–Crippen LogP) is 1.61. The van der Waals surface area contributed by atoms with Gasteiger partial charge in [-0.1, -0.05) is 0 Å². The SMILES string of the molecule is Cc1ncc(NC(=O)[C@@H]2C[C@@H](F)CN2)nc1Br.Cl. The molecule has 0 spiro atoms. The number of halogens is 3. The molecule has 0 saturated carbocycles. The summed E-state index contributed by atoms with van der Waals surface area (Å²) in [5.41, 5.74) is 0.741. The lowest BCUT2D eigenvalue weighted by Crippen LogP contribution is -2.35. The van der Waals surface area contributed by atoms with Crippen LogP contribution in [0.3, 0.4) is 0 Å². The summed E-state index contributed by atoms with van der Waals surface area (Å²) >= 11 is 3.23. The van der Waals surface area contributed by atoms with Crippen molar-refractivity contribution < 1.29 is 9.18 Å². The van der Waals surface area contributed by atoms with Crippen LogP contribution in [-0.2, 0) is 4.79 Å². The minimum atomic E-state index is -0.957. The average Bonchev–Trinajstić information content (AvgIpc) is 2.70.